The zero-order valence-electron chi connectivity index (χ0n) is 30.3. The largest absolute Gasteiger partial charge is 0.512 e. The number of benzene rings is 4. The van der Waals surface area contributed by atoms with E-state index in [1.807, 2.05) is 59.7 Å². The van der Waals surface area contributed by atoms with Gasteiger partial charge in [0.05, 0.1) is 0 Å². The van der Waals surface area contributed by atoms with Crippen molar-refractivity contribution in [3.8, 4) is 11.3 Å². The number of aromatic nitrogens is 2. The summed E-state index contributed by atoms with van der Waals surface area (Å²) in [6.07, 6.45) is 6.34. The summed E-state index contributed by atoms with van der Waals surface area (Å²) in [5, 5.41) is 16.6. The van der Waals surface area contributed by atoms with E-state index in [1.54, 1.807) is 6.33 Å². The Morgan fingerprint density at radius 2 is 1.45 bits per heavy atom. The van der Waals surface area contributed by atoms with Gasteiger partial charge in [0.15, 0.2) is 5.78 Å². The SMILES string of the molecule is CC(C)(C)c1ccc2c(-c3ncnc4oc5c6ccccc6ccc5c34)[c-]ccc2c1.CCC(C)(CC)C(=O)/C=C(\O)C(C)(CC)CC.[Ir]. The van der Waals surface area contributed by atoms with Crippen molar-refractivity contribution in [2.24, 2.45) is 10.8 Å². The predicted molar refractivity (Wildman–Crippen MR) is 200 cm³/mol. The fraction of sp³-hybridized carbons (Fsp3) is 0.372. The average Bonchev–Trinajstić information content (AvgIpc) is 3.50. The second kappa shape index (κ2) is 14.9. The van der Waals surface area contributed by atoms with Crippen LogP contribution < -0.4 is 0 Å². The average molecular weight is 834 g/mol. The van der Waals surface area contributed by atoms with E-state index < -0.39 is 0 Å². The zero-order chi connectivity index (χ0) is 34.9. The van der Waals surface area contributed by atoms with Crippen LogP contribution in [0.2, 0.25) is 0 Å². The smallest absolute Gasteiger partial charge is 0.221 e. The molecule has 6 aromatic rings. The topological polar surface area (TPSA) is 76.2 Å². The summed E-state index contributed by atoms with van der Waals surface area (Å²) in [6, 6.07) is 26.7. The van der Waals surface area contributed by atoms with Crippen LogP contribution in [-0.4, -0.2) is 20.9 Å². The molecule has 0 amide bonds. The Balaban J connectivity index is 0.000000260. The number of hydrogen-bond donors (Lipinski definition) is 1. The molecule has 0 aliphatic rings. The van der Waals surface area contributed by atoms with E-state index >= 15 is 0 Å². The van der Waals surface area contributed by atoms with Gasteiger partial charge in [0.2, 0.25) is 5.71 Å². The third-order valence-electron chi connectivity index (χ3n) is 10.7. The van der Waals surface area contributed by atoms with Crippen LogP contribution in [0.25, 0.3) is 54.9 Å². The molecule has 1 N–H and O–H groups in total. The molecule has 0 fully saturated rings. The van der Waals surface area contributed by atoms with Crippen LogP contribution in [0.4, 0.5) is 0 Å². The molecule has 0 saturated heterocycles. The Hall–Kier alpha value is -3.86. The molecule has 5 nitrogen and oxygen atoms in total. The standard InChI is InChI=1S/C28H21N2O.C15H28O2.Ir/c1-28(2,3)19-12-14-20-18(15-19)8-6-10-22(20)25-24-23-13-11-17-7-4-5-9-21(17)26(23)31-27(24)30-16-29-25;1-7-14(5,8-2)12(16)11-13(17)15(6,9-3)10-4;/h4-9,11-16H,1-3H3;11,16H,7-10H2,1-6H3;/q-1;;/b;12-11-;. The molecule has 6 heteroatoms. The summed E-state index contributed by atoms with van der Waals surface area (Å²) in [5.74, 6) is 0.286. The minimum Gasteiger partial charge on any atom is -0.512 e. The molecule has 0 spiro atoms. The van der Waals surface area contributed by atoms with Crippen LogP contribution in [0, 0.1) is 16.9 Å². The van der Waals surface area contributed by atoms with Crippen molar-refractivity contribution < 1.29 is 34.4 Å². The summed E-state index contributed by atoms with van der Waals surface area (Å²) in [6.45, 7) is 18.8. The number of carbonyl (C=O) groups is 1. The molecule has 2 heterocycles. The number of aliphatic hydroxyl groups excluding tert-OH is 1. The third kappa shape index (κ3) is 7.37. The number of fused-ring (bicyclic) bond motifs is 6. The quantitative estimate of drug-likeness (QED) is 0.0939. The summed E-state index contributed by atoms with van der Waals surface area (Å²) in [5.41, 5.74) is 4.09. The van der Waals surface area contributed by atoms with Crippen molar-refractivity contribution in [1.29, 1.82) is 0 Å². The van der Waals surface area contributed by atoms with Gasteiger partial charge in [-0.1, -0.05) is 122 Å². The van der Waals surface area contributed by atoms with Crippen molar-refractivity contribution in [3.05, 3.63) is 96.5 Å². The first-order chi connectivity index (χ1) is 22.8. The number of aliphatic hydroxyl groups is 1. The molecule has 0 aliphatic heterocycles. The monoisotopic (exact) mass is 834 g/mol. The maximum Gasteiger partial charge on any atom is 0.221 e. The Bertz CT molecular complexity index is 2130. The van der Waals surface area contributed by atoms with Gasteiger partial charge in [0.25, 0.3) is 0 Å². The van der Waals surface area contributed by atoms with Gasteiger partial charge in [-0.25, -0.2) is 4.98 Å². The number of nitrogens with zero attached hydrogens (tertiary/aromatic N) is 2. The molecule has 6 rings (SSSR count). The van der Waals surface area contributed by atoms with Gasteiger partial charge in [-0.05, 0) is 42.0 Å². The van der Waals surface area contributed by atoms with Crippen molar-refractivity contribution in [1.82, 2.24) is 9.97 Å². The Kier molecular flexibility index (Phi) is 11.6. The van der Waals surface area contributed by atoms with Gasteiger partial charge in [-0.3, -0.25) is 9.78 Å². The van der Waals surface area contributed by atoms with Crippen LogP contribution >= 0.6 is 0 Å². The van der Waals surface area contributed by atoms with Gasteiger partial charge in [0.1, 0.15) is 17.7 Å². The van der Waals surface area contributed by atoms with Crippen molar-refractivity contribution >= 4 is 49.4 Å². The molecule has 49 heavy (non-hydrogen) atoms. The number of rotatable bonds is 8. The normalized spacial score (nSPS) is 12.6. The first-order valence-corrected chi connectivity index (χ1v) is 17.3. The van der Waals surface area contributed by atoms with Crippen molar-refractivity contribution in [2.75, 3.05) is 0 Å². The molecule has 0 bridgehead atoms. The molecule has 0 atom stereocenters. The number of hydrogen-bond acceptors (Lipinski definition) is 5. The van der Waals surface area contributed by atoms with E-state index in [4.69, 9.17) is 9.40 Å². The van der Waals surface area contributed by atoms with Crippen LogP contribution in [-0.2, 0) is 30.3 Å². The number of furan rings is 1. The molecular formula is C43H49IrN2O3-. The van der Waals surface area contributed by atoms with E-state index in [-0.39, 0.29) is 47.9 Å². The van der Waals surface area contributed by atoms with E-state index in [0.29, 0.717) is 5.71 Å². The molecule has 4 aromatic carbocycles. The molecule has 0 saturated carbocycles. The predicted octanol–water partition coefficient (Wildman–Crippen LogP) is 12.1. The van der Waals surface area contributed by atoms with Crippen LogP contribution in [0.1, 0.15) is 93.6 Å². The van der Waals surface area contributed by atoms with Crippen LogP contribution in [0.5, 0.6) is 0 Å². The van der Waals surface area contributed by atoms with E-state index in [2.05, 4.69) is 80.4 Å². The van der Waals surface area contributed by atoms with Gasteiger partial charge >= 0.3 is 0 Å². The Morgan fingerprint density at radius 3 is 2.10 bits per heavy atom. The fourth-order valence-corrected chi connectivity index (χ4v) is 6.09. The summed E-state index contributed by atoms with van der Waals surface area (Å²) in [4.78, 5) is 21.3. The molecule has 259 valence electrons. The van der Waals surface area contributed by atoms with Gasteiger partial charge in [-0.15, -0.1) is 29.1 Å². The molecule has 0 unspecified atom stereocenters. The maximum atomic E-state index is 12.2. The summed E-state index contributed by atoms with van der Waals surface area (Å²) >= 11 is 0. The van der Waals surface area contributed by atoms with Gasteiger partial charge in [0, 0.05) is 58.9 Å². The molecule has 2 aromatic heterocycles. The molecule has 1 radical (unpaired) electrons. The van der Waals surface area contributed by atoms with Crippen molar-refractivity contribution in [3.63, 3.8) is 0 Å². The minimum atomic E-state index is -0.337. The van der Waals surface area contributed by atoms with E-state index in [9.17, 15) is 9.90 Å². The Labute approximate surface area is 304 Å². The fourth-order valence-electron chi connectivity index (χ4n) is 6.09. The van der Waals surface area contributed by atoms with Crippen LogP contribution in [0.3, 0.4) is 0 Å². The first-order valence-electron chi connectivity index (χ1n) is 17.3. The molecular weight excluding hydrogens is 785 g/mol. The second-order valence-corrected chi connectivity index (χ2v) is 14.5. The zero-order valence-corrected chi connectivity index (χ0v) is 32.7. The summed E-state index contributed by atoms with van der Waals surface area (Å²) < 4.78 is 6.24. The number of allylic oxidation sites excluding steroid dienone is 2. The van der Waals surface area contributed by atoms with E-state index in [0.717, 1.165) is 69.5 Å². The van der Waals surface area contributed by atoms with Crippen molar-refractivity contribution in [2.45, 2.75) is 93.4 Å². The first kappa shape index (κ1) is 37.9. The number of ketones is 1. The number of carbonyl (C=O) groups excluding carboxylic acids is 1. The van der Waals surface area contributed by atoms with Crippen LogP contribution in [0.15, 0.2) is 89.3 Å². The maximum absolute atomic E-state index is 12.2. The second-order valence-electron chi connectivity index (χ2n) is 14.5. The van der Waals surface area contributed by atoms with Gasteiger partial charge < -0.3 is 9.52 Å². The summed E-state index contributed by atoms with van der Waals surface area (Å²) in [7, 11) is 0. The van der Waals surface area contributed by atoms with E-state index in [1.165, 1.54) is 17.0 Å². The third-order valence-corrected chi connectivity index (χ3v) is 10.7. The minimum absolute atomic E-state index is 0. The molecule has 0 aliphatic carbocycles. The van der Waals surface area contributed by atoms with Gasteiger partial charge in [-0.2, -0.15) is 0 Å². The Morgan fingerprint density at radius 1 is 0.796 bits per heavy atom.